The van der Waals surface area contributed by atoms with Crippen LogP contribution in [0.25, 0.3) is 5.47 Å². The van der Waals surface area contributed by atoms with Crippen molar-refractivity contribution in [3.05, 3.63) is 69.9 Å². The van der Waals surface area contributed by atoms with Crippen LogP contribution in [0.1, 0.15) is 11.1 Å². The van der Waals surface area contributed by atoms with Gasteiger partial charge in [0.25, 0.3) is 0 Å². The molecule has 138 valence electrons. The van der Waals surface area contributed by atoms with Gasteiger partial charge >= 0.3 is 0 Å². The second-order valence-corrected chi connectivity index (χ2v) is 7.40. The van der Waals surface area contributed by atoms with Crippen LogP contribution in [0.2, 0.25) is 5.02 Å². The van der Waals surface area contributed by atoms with E-state index in [1.807, 2.05) is 38.8 Å². The molecule has 1 aliphatic heterocycles. The Morgan fingerprint density at radius 2 is 1.67 bits per heavy atom. The molecule has 27 heavy (non-hydrogen) atoms. The summed E-state index contributed by atoms with van der Waals surface area (Å²) in [6.07, 6.45) is 0. The number of hydrogen-bond acceptors (Lipinski definition) is 2. The summed E-state index contributed by atoms with van der Waals surface area (Å²) < 4.78 is 13.1. The number of carbonyl (C=O) groups is 1. The number of nitrogens with zero attached hydrogens (tertiary/aromatic N) is 2. The minimum Gasteiger partial charge on any atom is -0.368 e. The highest BCUT2D eigenvalue weighted by atomic mass is 35.5. The van der Waals surface area contributed by atoms with Gasteiger partial charge in [-0.2, -0.15) is 0 Å². The topological polar surface area (TPSA) is 23.6 Å². The summed E-state index contributed by atoms with van der Waals surface area (Å²) in [5.74, 6) is -0.234. The molecule has 3 nitrogen and oxygen atoms in total. The number of anilines is 1. The number of carbonyl (C=O) groups excluding carboxylic acids is 1. The Bertz CT molecular complexity index is 878. The lowest BCUT2D eigenvalue weighted by molar-refractivity contribution is -0.126. The highest BCUT2D eigenvalue weighted by Crippen LogP contribution is 2.26. The molecule has 1 amide bonds. The van der Waals surface area contributed by atoms with Crippen molar-refractivity contribution in [1.82, 2.24) is 4.90 Å². The molecule has 1 saturated heterocycles. The SMILES string of the molecule is B/C(C(=O)N1CCN(c2cc(Cl)ccc2C)CC1)=C(\B)c1ccc(F)cc1. The van der Waals surface area contributed by atoms with Crippen molar-refractivity contribution in [3.8, 4) is 0 Å². The lowest BCUT2D eigenvalue weighted by atomic mass is 9.76. The number of aryl methyl sites for hydroxylation is 1. The van der Waals surface area contributed by atoms with E-state index in [-0.39, 0.29) is 11.7 Å². The lowest BCUT2D eigenvalue weighted by Crippen LogP contribution is -2.49. The lowest BCUT2D eigenvalue weighted by Gasteiger charge is -2.37. The Balaban J connectivity index is 1.70. The van der Waals surface area contributed by atoms with Crippen LogP contribution in [0, 0.1) is 12.7 Å². The van der Waals surface area contributed by atoms with Gasteiger partial charge in [-0.15, -0.1) is 0 Å². The van der Waals surface area contributed by atoms with Crippen molar-refractivity contribution < 1.29 is 9.18 Å². The van der Waals surface area contributed by atoms with Crippen molar-refractivity contribution in [3.63, 3.8) is 0 Å². The fourth-order valence-corrected chi connectivity index (χ4v) is 3.55. The van der Waals surface area contributed by atoms with Crippen molar-refractivity contribution >= 4 is 44.4 Å². The maximum absolute atomic E-state index is 13.1. The Morgan fingerprint density at radius 1 is 1.04 bits per heavy atom. The zero-order valence-electron chi connectivity index (χ0n) is 15.9. The van der Waals surface area contributed by atoms with Crippen molar-refractivity contribution in [2.45, 2.75) is 6.92 Å². The van der Waals surface area contributed by atoms with E-state index in [0.29, 0.717) is 18.6 Å². The molecule has 3 rings (SSSR count). The summed E-state index contributed by atoms with van der Waals surface area (Å²) in [5.41, 5.74) is 4.77. The monoisotopic (exact) mass is 382 g/mol. The second kappa shape index (κ2) is 8.22. The largest absolute Gasteiger partial charge is 0.368 e. The Morgan fingerprint density at radius 3 is 2.30 bits per heavy atom. The van der Waals surface area contributed by atoms with Gasteiger partial charge in [0.1, 0.15) is 21.5 Å². The van der Waals surface area contributed by atoms with Gasteiger partial charge in [0.15, 0.2) is 0 Å². The molecule has 0 bridgehead atoms. The first-order valence-electron chi connectivity index (χ1n) is 9.10. The average Bonchev–Trinajstić information content (AvgIpc) is 2.69. The van der Waals surface area contributed by atoms with E-state index in [1.54, 1.807) is 12.1 Å². The van der Waals surface area contributed by atoms with E-state index in [4.69, 9.17) is 11.6 Å². The minimum atomic E-state index is -0.275. The molecular formula is C20H22B2ClFN2O. The average molecular weight is 382 g/mol. The zero-order chi connectivity index (χ0) is 19.6. The minimum absolute atomic E-state index is 0.0410. The number of piperazine rings is 1. The third kappa shape index (κ3) is 4.38. The summed E-state index contributed by atoms with van der Waals surface area (Å²) >= 11 is 6.14. The molecule has 0 radical (unpaired) electrons. The van der Waals surface area contributed by atoms with Gasteiger partial charge in [-0.25, -0.2) is 4.39 Å². The predicted molar refractivity (Wildman–Crippen MR) is 115 cm³/mol. The summed E-state index contributed by atoms with van der Waals surface area (Å²) in [4.78, 5) is 17.1. The van der Waals surface area contributed by atoms with Crippen LogP contribution >= 0.6 is 11.6 Å². The molecular weight excluding hydrogens is 360 g/mol. The van der Waals surface area contributed by atoms with Gasteiger partial charge in [0.05, 0.1) is 0 Å². The normalized spacial score (nSPS) is 15.5. The first kappa shape index (κ1) is 19.6. The van der Waals surface area contributed by atoms with E-state index in [1.165, 1.54) is 17.7 Å². The third-order valence-corrected chi connectivity index (χ3v) is 5.47. The van der Waals surface area contributed by atoms with Crippen molar-refractivity contribution in [1.29, 1.82) is 0 Å². The molecule has 0 atom stereocenters. The van der Waals surface area contributed by atoms with Gasteiger partial charge in [-0.3, -0.25) is 4.79 Å². The van der Waals surface area contributed by atoms with Crippen LogP contribution in [0.3, 0.4) is 0 Å². The van der Waals surface area contributed by atoms with E-state index in [0.717, 1.165) is 34.8 Å². The number of rotatable bonds is 3. The zero-order valence-corrected chi connectivity index (χ0v) is 16.7. The third-order valence-electron chi connectivity index (χ3n) is 5.24. The molecule has 1 fully saturated rings. The van der Waals surface area contributed by atoms with Crippen LogP contribution in [-0.2, 0) is 4.79 Å². The van der Waals surface area contributed by atoms with Crippen LogP contribution < -0.4 is 4.90 Å². The fraction of sp³-hybridized carbons (Fsp3) is 0.250. The molecule has 0 unspecified atom stereocenters. The maximum Gasteiger partial charge on any atom is 0.239 e. The molecule has 0 aromatic heterocycles. The van der Waals surface area contributed by atoms with E-state index >= 15 is 0 Å². The molecule has 0 spiro atoms. The predicted octanol–water partition coefficient (Wildman–Crippen LogP) is 2.07. The summed E-state index contributed by atoms with van der Waals surface area (Å²) in [6.45, 7) is 4.95. The maximum atomic E-state index is 13.1. The van der Waals surface area contributed by atoms with Gasteiger partial charge in [0.2, 0.25) is 5.91 Å². The van der Waals surface area contributed by atoms with Gasteiger partial charge in [-0.1, -0.05) is 35.3 Å². The molecule has 1 heterocycles. The van der Waals surface area contributed by atoms with Gasteiger partial charge in [-0.05, 0) is 47.8 Å². The number of hydrogen-bond donors (Lipinski definition) is 0. The van der Waals surface area contributed by atoms with Crippen molar-refractivity contribution in [2.24, 2.45) is 0 Å². The summed E-state index contributed by atoms with van der Waals surface area (Å²) in [5, 5.41) is 0.725. The number of benzene rings is 2. The fourth-order valence-electron chi connectivity index (χ4n) is 3.39. The molecule has 0 saturated carbocycles. The first-order valence-corrected chi connectivity index (χ1v) is 9.48. The number of halogens is 2. The molecule has 1 aliphatic rings. The van der Waals surface area contributed by atoms with Crippen molar-refractivity contribution in [2.75, 3.05) is 31.1 Å². The van der Waals surface area contributed by atoms with E-state index < -0.39 is 0 Å². The van der Waals surface area contributed by atoms with Crippen LogP contribution in [0.4, 0.5) is 10.1 Å². The number of amides is 1. The smallest absolute Gasteiger partial charge is 0.239 e. The first-order chi connectivity index (χ1) is 12.9. The molecule has 2 aromatic rings. The van der Waals surface area contributed by atoms with Crippen LogP contribution in [-0.4, -0.2) is 52.7 Å². The Kier molecular flexibility index (Phi) is 5.95. The van der Waals surface area contributed by atoms with Gasteiger partial charge in [0, 0.05) is 36.9 Å². The Hall–Kier alpha value is -2.20. The molecule has 0 aliphatic carbocycles. The summed E-state index contributed by atoms with van der Waals surface area (Å²) in [7, 11) is 3.75. The van der Waals surface area contributed by atoms with Crippen LogP contribution in [0.15, 0.2) is 47.9 Å². The second-order valence-electron chi connectivity index (χ2n) is 6.97. The molecule has 7 heteroatoms. The molecule has 2 aromatic carbocycles. The quantitative estimate of drug-likeness (QED) is 0.599. The van der Waals surface area contributed by atoms with Crippen LogP contribution in [0.5, 0.6) is 0 Å². The Labute approximate surface area is 166 Å². The highest BCUT2D eigenvalue weighted by Gasteiger charge is 2.23. The highest BCUT2D eigenvalue weighted by molar-refractivity contribution is 6.54. The standard InChI is InChI=1S/C20H22B2ClFN2O/c1-13-2-5-15(23)12-17(13)25-8-10-26(11-9-25)20(27)19(22)18(21)14-3-6-16(24)7-4-14/h2-7,12H,8-11,21-22H2,1H3/b19-18-. The molecule has 0 N–H and O–H groups in total. The van der Waals surface area contributed by atoms with E-state index in [9.17, 15) is 9.18 Å². The summed E-state index contributed by atoms with van der Waals surface area (Å²) in [6, 6.07) is 12.2. The van der Waals surface area contributed by atoms with E-state index in [2.05, 4.69) is 11.8 Å². The van der Waals surface area contributed by atoms with Gasteiger partial charge < -0.3 is 9.80 Å².